The van der Waals surface area contributed by atoms with Gasteiger partial charge in [-0.05, 0) is 24.1 Å². The molecule has 0 N–H and O–H groups in total. The number of aromatic nitrogens is 4. The Morgan fingerprint density at radius 1 is 1.24 bits per heavy atom. The molecule has 4 rings (SSSR count). The molecule has 3 heterocycles. The Kier molecular flexibility index (Phi) is 3.99. The van der Waals surface area contributed by atoms with E-state index in [0.717, 1.165) is 10.0 Å². The fraction of sp³-hybridized carbons (Fsp3) is 0.312. The second-order valence-corrected chi connectivity index (χ2v) is 9.33. The lowest BCUT2D eigenvalue weighted by Crippen LogP contribution is -2.21. The highest BCUT2D eigenvalue weighted by Gasteiger charge is 2.31. The quantitative estimate of drug-likeness (QED) is 0.641. The Morgan fingerprint density at radius 3 is 2.68 bits per heavy atom. The van der Waals surface area contributed by atoms with E-state index in [1.54, 1.807) is 4.68 Å². The predicted octanol–water partition coefficient (Wildman–Crippen LogP) is 1.76. The van der Waals surface area contributed by atoms with E-state index < -0.39 is 9.84 Å². The zero-order chi connectivity index (χ0) is 17.6. The van der Waals surface area contributed by atoms with Crippen LogP contribution in [0.3, 0.4) is 0 Å². The molecule has 1 aliphatic rings. The minimum atomic E-state index is -3.03. The van der Waals surface area contributed by atoms with E-state index in [1.165, 1.54) is 17.1 Å². The molecule has 9 heteroatoms. The highest BCUT2D eigenvalue weighted by atomic mass is 79.9. The summed E-state index contributed by atoms with van der Waals surface area (Å²) in [4.78, 5) is 17.1. The molecule has 25 heavy (non-hydrogen) atoms. The fourth-order valence-electron chi connectivity index (χ4n) is 3.10. The Balaban J connectivity index is 1.70. The zero-order valence-corrected chi connectivity index (χ0v) is 15.6. The number of fused-ring (bicyclic) bond motifs is 1. The smallest absolute Gasteiger partial charge is 0.264 e. The minimum Gasteiger partial charge on any atom is -0.294 e. The molecule has 1 saturated heterocycles. The molecule has 3 aromatic rings. The van der Waals surface area contributed by atoms with Crippen molar-refractivity contribution in [1.29, 1.82) is 0 Å². The Labute approximate surface area is 152 Å². The van der Waals surface area contributed by atoms with Gasteiger partial charge in [-0.1, -0.05) is 28.1 Å². The van der Waals surface area contributed by atoms with Crippen molar-refractivity contribution in [2.24, 2.45) is 0 Å². The lowest BCUT2D eigenvalue weighted by Gasteiger charge is -2.10. The highest BCUT2D eigenvalue weighted by molar-refractivity contribution is 9.10. The maximum Gasteiger partial charge on any atom is 0.264 e. The van der Waals surface area contributed by atoms with Crippen molar-refractivity contribution in [3.05, 3.63) is 57.2 Å². The SMILES string of the molecule is O=c1c2cnn(C3CCS(=O)(=O)C3)c2ncn1Cc1ccc(Br)cc1. The summed E-state index contributed by atoms with van der Waals surface area (Å²) in [5.41, 5.74) is 1.25. The highest BCUT2D eigenvalue weighted by Crippen LogP contribution is 2.25. The standard InChI is InChI=1S/C16H15BrN4O3S/c17-12-3-1-11(2-4-12)8-20-10-18-15-14(16(20)22)7-19-21(15)13-5-6-25(23,24)9-13/h1-4,7,10,13H,5-6,8-9H2. The molecular formula is C16H15BrN4O3S. The molecule has 7 nitrogen and oxygen atoms in total. The van der Waals surface area contributed by atoms with Crippen LogP contribution < -0.4 is 5.56 Å². The molecular weight excluding hydrogens is 408 g/mol. The third-order valence-corrected chi connectivity index (χ3v) is 6.68. The van der Waals surface area contributed by atoms with E-state index in [-0.39, 0.29) is 23.1 Å². The van der Waals surface area contributed by atoms with Crippen LogP contribution in [-0.2, 0) is 16.4 Å². The van der Waals surface area contributed by atoms with Crippen molar-refractivity contribution in [3.8, 4) is 0 Å². The van der Waals surface area contributed by atoms with Crippen molar-refractivity contribution < 1.29 is 8.42 Å². The van der Waals surface area contributed by atoms with Crippen LogP contribution in [0.1, 0.15) is 18.0 Å². The number of sulfone groups is 1. The fourth-order valence-corrected chi connectivity index (χ4v) is 5.06. The summed E-state index contributed by atoms with van der Waals surface area (Å²) in [5, 5.41) is 4.64. The second-order valence-electron chi connectivity index (χ2n) is 6.19. The van der Waals surface area contributed by atoms with Gasteiger partial charge in [-0.25, -0.2) is 18.1 Å². The molecule has 0 radical (unpaired) electrons. The van der Waals surface area contributed by atoms with Crippen molar-refractivity contribution in [3.63, 3.8) is 0 Å². The van der Waals surface area contributed by atoms with Crippen LogP contribution in [0.15, 0.2) is 46.1 Å². The largest absolute Gasteiger partial charge is 0.294 e. The molecule has 1 aliphatic heterocycles. The maximum absolute atomic E-state index is 12.7. The molecule has 0 amide bonds. The van der Waals surface area contributed by atoms with Gasteiger partial charge in [-0.2, -0.15) is 5.10 Å². The molecule has 2 aromatic heterocycles. The summed E-state index contributed by atoms with van der Waals surface area (Å²) in [6.45, 7) is 0.415. The Morgan fingerprint density at radius 2 is 2.00 bits per heavy atom. The summed E-state index contributed by atoms with van der Waals surface area (Å²) in [6.07, 6.45) is 3.48. The minimum absolute atomic E-state index is 0.0490. The molecule has 130 valence electrons. The van der Waals surface area contributed by atoms with Gasteiger partial charge in [0.15, 0.2) is 15.5 Å². The maximum atomic E-state index is 12.7. The van der Waals surface area contributed by atoms with E-state index in [0.29, 0.717) is 24.0 Å². The van der Waals surface area contributed by atoms with Crippen molar-refractivity contribution >= 4 is 36.8 Å². The molecule has 0 aliphatic carbocycles. The normalized spacial score (nSPS) is 19.5. The Hall–Kier alpha value is -2.00. The second kappa shape index (κ2) is 6.06. The number of benzene rings is 1. The van der Waals surface area contributed by atoms with Crippen molar-refractivity contribution in [2.75, 3.05) is 11.5 Å². The van der Waals surface area contributed by atoms with Gasteiger partial charge in [0, 0.05) is 4.47 Å². The third-order valence-electron chi connectivity index (χ3n) is 4.40. The van der Waals surface area contributed by atoms with Gasteiger partial charge < -0.3 is 0 Å². The van der Waals surface area contributed by atoms with Crippen LogP contribution in [0.2, 0.25) is 0 Å². The van der Waals surface area contributed by atoms with Crippen LogP contribution >= 0.6 is 15.9 Å². The van der Waals surface area contributed by atoms with Gasteiger partial charge in [0.2, 0.25) is 0 Å². The van der Waals surface area contributed by atoms with Crippen LogP contribution in [-0.4, -0.2) is 39.3 Å². The number of nitrogens with zero attached hydrogens (tertiary/aromatic N) is 4. The first kappa shape index (κ1) is 16.5. The zero-order valence-electron chi connectivity index (χ0n) is 13.2. The van der Waals surface area contributed by atoms with Crippen LogP contribution in [0.25, 0.3) is 11.0 Å². The molecule has 1 atom stereocenters. The van der Waals surface area contributed by atoms with Gasteiger partial charge in [0.25, 0.3) is 5.56 Å². The Bertz CT molecular complexity index is 1100. The molecule has 0 saturated carbocycles. The topological polar surface area (TPSA) is 86.8 Å². The number of hydrogen-bond donors (Lipinski definition) is 0. The van der Waals surface area contributed by atoms with Gasteiger partial charge in [0.1, 0.15) is 11.7 Å². The molecule has 1 fully saturated rings. The van der Waals surface area contributed by atoms with Gasteiger partial charge in [-0.3, -0.25) is 9.36 Å². The van der Waals surface area contributed by atoms with E-state index in [9.17, 15) is 13.2 Å². The first-order valence-electron chi connectivity index (χ1n) is 7.80. The molecule has 0 bridgehead atoms. The molecule has 0 spiro atoms. The summed E-state index contributed by atoms with van der Waals surface area (Å²) in [5.74, 6) is 0.201. The summed E-state index contributed by atoms with van der Waals surface area (Å²) < 4.78 is 27.5. The third kappa shape index (κ3) is 3.13. The predicted molar refractivity (Wildman–Crippen MR) is 97.3 cm³/mol. The van der Waals surface area contributed by atoms with E-state index >= 15 is 0 Å². The van der Waals surface area contributed by atoms with Crippen molar-refractivity contribution in [2.45, 2.75) is 19.0 Å². The molecule has 1 aromatic carbocycles. The number of hydrogen-bond acceptors (Lipinski definition) is 5. The lowest BCUT2D eigenvalue weighted by atomic mass is 10.2. The van der Waals surface area contributed by atoms with Gasteiger partial charge in [-0.15, -0.1) is 0 Å². The average molecular weight is 423 g/mol. The van der Waals surface area contributed by atoms with Crippen LogP contribution in [0.5, 0.6) is 0 Å². The first-order chi connectivity index (χ1) is 11.9. The number of halogens is 1. The van der Waals surface area contributed by atoms with Crippen molar-refractivity contribution in [1.82, 2.24) is 19.3 Å². The summed E-state index contributed by atoms with van der Waals surface area (Å²) >= 11 is 3.39. The van der Waals surface area contributed by atoms with Crippen LogP contribution in [0.4, 0.5) is 0 Å². The van der Waals surface area contributed by atoms with Gasteiger partial charge in [0.05, 0.1) is 30.3 Å². The van der Waals surface area contributed by atoms with E-state index in [1.807, 2.05) is 24.3 Å². The monoisotopic (exact) mass is 422 g/mol. The number of rotatable bonds is 3. The summed E-state index contributed by atoms with van der Waals surface area (Å²) in [6, 6.07) is 7.47. The van der Waals surface area contributed by atoms with Crippen LogP contribution in [0, 0.1) is 0 Å². The van der Waals surface area contributed by atoms with E-state index in [2.05, 4.69) is 26.0 Å². The first-order valence-corrected chi connectivity index (χ1v) is 10.4. The van der Waals surface area contributed by atoms with Gasteiger partial charge >= 0.3 is 0 Å². The average Bonchev–Trinajstić information content (AvgIpc) is 3.15. The summed E-state index contributed by atoms with van der Waals surface area (Å²) in [7, 11) is -3.03. The molecule has 1 unspecified atom stereocenters. The van der Waals surface area contributed by atoms with E-state index in [4.69, 9.17) is 0 Å². The lowest BCUT2D eigenvalue weighted by molar-refractivity contribution is 0.511.